The van der Waals surface area contributed by atoms with Crippen molar-refractivity contribution in [3.8, 4) is 5.75 Å². The van der Waals surface area contributed by atoms with Crippen molar-refractivity contribution in [2.45, 2.75) is 56.5 Å². The molecule has 1 aromatic rings. The molecule has 1 saturated heterocycles. The Morgan fingerprint density at radius 2 is 1.95 bits per heavy atom. The third kappa shape index (κ3) is 2.56. The Morgan fingerprint density at radius 1 is 1.14 bits per heavy atom. The van der Waals surface area contributed by atoms with E-state index in [1.54, 1.807) is 0 Å². The number of hydrogen-bond acceptors (Lipinski definition) is 4. The third-order valence-corrected chi connectivity index (χ3v) is 5.02. The largest absolute Gasteiger partial charge is 0.489 e. The summed E-state index contributed by atoms with van der Waals surface area (Å²) in [5.74, 6) is 0.489. The van der Waals surface area contributed by atoms with Crippen LogP contribution in [0.5, 0.6) is 5.75 Å². The minimum absolute atomic E-state index is 0.0312. The molecule has 3 aliphatic rings. The minimum Gasteiger partial charge on any atom is -0.489 e. The summed E-state index contributed by atoms with van der Waals surface area (Å²) in [5, 5.41) is 0. The average Bonchev–Trinajstić information content (AvgIpc) is 3.12. The summed E-state index contributed by atoms with van der Waals surface area (Å²) >= 11 is 0. The maximum atomic E-state index is 6.25. The van der Waals surface area contributed by atoms with Gasteiger partial charge < -0.3 is 19.9 Å². The Bertz CT molecular complexity index is 525. The van der Waals surface area contributed by atoms with Crippen LogP contribution in [-0.4, -0.2) is 31.1 Å². The molecule has 0 radical (unpaired) electrons. The van der Waals surface area contributed by atoms with Gasteiger partial charge in [-0.1, -0.05) is 6.07 Å². The quantitative estimate of drug-likeness (QED) is 0.906. The zero-order valence-corrected chi connectivity index (χ0v) is 12.3. The van der Waals surface area contributed by atoms with Crippen LogP contribution < -0.4 is 10.5 Å². The number of fused-ring (bicyclic) bond motifs is 1. The van der Waals surface area contributed by atoms with Crippen molar-refractivity contribution in [1.29, 1.82) is 0 Å². The van der Waals surface area contributed by atoms with Gasteiger partial charge in [-0.05, 0) is 48.9 Å². The fraction of sp³-hybridized carbons (Fsp3) is 0.647. The van der Waals surface area contributed by atoms with E-state index in [4.69, 9.17) is 19.9 Å². The molecule has 2 atom stereocenters. The van der Waals surface area contributed by atoms with Crippen LogP contribution in [0.25, 0.3) is 0 Å². The third-order valence-electron chi connectivity index (χ3n) is 5.02. The van der Waals surface area contributed by atoms with E-state index in [0.29, 0.717) is 13.2 Å². The molecule has 1 aliphatic heterocycles. The number of rotatable bonds is 2. The van der Waals surface area contributed by atoms with Gasteiger partial charge in [-0.15, -0.1) is 0 Å². The van der Waals surface area contributed by atoms with Gasteiger partial charge in [-0.25, -0.2) is 0 Å². The number of hydrogen-bond donors (Lipinski definition) is 1. The Labute approximate surface area is 125 Å². The fourth-order valence-electron chi connectivity index (χ4n) is 3.82. The van der Waals surface area contributed by atoms with Gasteiger partial charge in [0.2, 0.25) is 0 Å². The lowest BCUT2D eigenvalue weighted by molar-refractivity contribution is -0.195. The van der Waals surface area contributed by atoms with Crippen molar-refractivity contribution in [3.63, 3.8) is 0 Å². The monoisotopic (exact) mass is 289 g/mol. The van der Waals surface area contributed by atoms with Gasteiger partial charge in [0, 0.05) is 18.9 Å². The van der Waals surface area contributed by atoms with Gasteiger partial charge in [0.25, 0.3) is 0 Å². The highest BCUT2D eigenvalue weighted by Gasteiger charge is 2.45. The number of nitrogens with two attached hydrogens (primary N) is 1. The molecular weight excluding hydrogens is 266 g/mol. The van der Waals surface area contributed by atoms with Gasteiger partial charge >= 0.3 is 0 Å². The summed E-state index contributed by atoms with van der Waals surface area (Å²) < 4.78 is 17.8. The first-order chi connectivity index (χ1) is 10.2. The Balaban J connectivity index is 1.49. The fourth-order valence-corrected chi connectivity index (χ4v) is 3.82. The summed E-state index contributed by atoms with van der Waals surface area (Å²) in [7, 11) is 0. The minimum atomic E-state index is -0.447. The predicted molar refractivity (Wildman–Crippen MR) is 79.3 cm³/mol. The second-order valence-corrected chi connectivity index (χ2v) is 6.45. The summed E-state index contributed by atoms with van der Waals surface area (Å²) in [4.78, 5) is 0. The first kappa shape index (κ1) is 13.6. The molecule has 4 nitrogen and oxygen atoms in total. The summed E-state index contributed by atoms with van der Waals surface area (Å²) in [6.45, 7) is 1.36. The molecule has 1 spiro atoms. The van der Waals surface area contributed by atoms with E-state index in [-0.39, 0.29) is 12.1 Å². The second kappa shape index (κ2) is 5.27. The topological polar surface area (TPSA) is 53.7 Å². The summed E-state index contributed by atoms with van der Waals surface area (Å²) in [6.07, 6.45) is 6.07. The average molecular weight is 289 g/mol. The van der Waals surface area contributed by atoms with Crippen LogP contribution in [0.15, 0.2) is 18.2 Å². The molecule has 2 N–H and O–H groups in total. The van der Waals surface area contributed by atoms with Gasteiger partial charge in [-0.3, -0.25) is 0 Å². The van der Waals surface area contributed by atoms with Gasteiger partial charge in [0.05, 0.1) is 13.2 Å². The van der Waals surface area contributed by atoms with Gasteiger partial charge in [0.15, 0.2) is 5.79 Å². The molecule has 2 aliphatic carbocycles. The highest BCUT2D eigenvalue weighted by Crippen LogP contribution is 2.37. The van der Waals surface area contributed by atoms with Gasteiger partial charge in [-0.2, -0.15) is 0 Å². The van der Waals surface area contributed by atoms with Crippen molar-refractivity contribution in [2.75, 3.05) is 13.2 Å². The highest BCUT2D eigenvalue weighted by atomic mass is 16.7. The Kier molecular flexibility index (Phi) is 3.40. The van der Waals surface area contributed by atoms with Crippen LogP contribution in [-0.2, 0) is 22.3 Å². The van der Waals surface area contributed by atoms with E-state index in [9.17, 15) is 0 Å². The highest BCUT2D eigenvalue weighted by molar-refractivity contribution is 5.38. The van der Waals surface area contributed by atoms with E-state index in [0.717, 1.165) is 25.0 Å². The van der Waals surface area contributed by atoms with E-state index in [2.05, 4.69) is 18.2 Å². The zero-order chi connectivity index (χ0) is 14.3. The van der Waals surface area contributed by atoms with E-state index < -0.39 is 5.79 Å². The molecule has 2 unspecified atom stereocenters. The van der Waals surface area contributed by atoms with Crippen molar-refractivity contribution < 1.29 is 14.2 Å². The van der Waals surface area contributed by atoms with Crippen molar-refractivity contribution in [3.05, 3.63) is 29.3 Å². The first-order valence-corrected chi connectivity index (χ1v) is 8.06. The number of aryl methyl sites for hydroxylation is 2. The Hall–Kier alpha value is -1.10. The maximum Gasteiger partial charge on any atom is 0.172 e. The molecule has 1 saturated carbocycles. The molecule has 2 fully saturated rings. The van der Waals surface area contributed by atoms with Crippen LogP contribution in [0.1, 0.15) is 36.8 Å². The van der Waals surface area contributed by atoms with Crippen molar-refractivity contribution >= 4 is 0 Å². The molecule has 21 heavy (non-hydrogen) atoms. The van der Waals surface area contributed by atoms with E-state index in [1.165, 1.54) is 30.4 Å². The van der Waals surface area contributed by atoms with E-state index in [1.807, 2.05) is 0 Å². The van der Waals surface area contributed by atoms with Gasteiger partial charge in [0.1, 0.15) is 11.9 Å². The lowest BCUT2D eigenvalue weighted by atomic mass is 9.88. The molecule has 4 rings (SSSR count). The number of benzene rings is 1. The lowest BCUT2D eigenvalue weighted by Crippen LogP contribution is -2.51. The van der Waals surface area contributed by atoms with Crippen LogP contribution in [0.2, 0.25) is 0 Å². The maximum absolute atomic E-state index is 6.25. The number of ether oxygens (including phenoxy) is 3. The van der Waals surface area contributed by atoms with Crippen LogP contribution >= 0.6 is 0 Å². The second-order valence-electron chi connectivity index (χ2n) is 6.45. The molecule has 114 valence electrons. The lowest BCUT2D eigenvalue weighted by Gasteiger charge is -2.39. The summed E-state index contributed by atoms with van der Waals surface area (Å²) in [5.41, 5.74) is 9.15. The molecule has 0 bridgehead atoms. The van der Waals surface area contributed by atoms with Crippen molar-refractivity contribution in [1.82, 2.24) is 0 Å². The molecule has 1 aromatic carbocycles. The standard InChI is InChI=1S/C17H23NO3/c18-15-6-7-17(19-8-9-20-17)11-16(15)21-14-5-4-12-2-1-3-13(12)10-14/h4-5,10,15-16H,1-3,6-9,11,18H2. The molecular formula is C17H23NO3. The molecule has 1 heterocycles. The van der Waals surface area contributed by atoms with E-state index >= 15 is 0 Å². The van der Waals surface area contributed by atoms with Crippen LogP contribution in [0, 0.1) is 0 Å². The smallest absolute Gasteiger partial charge is 0.172 e. The summed E-state index contributed by atoms with van der Waals surface area (Å²) in [6, 6.07) is 6.52. The van der Waals surface area contributed by atoms with Crippen LogP contribution in [0.4, 0.5) is 0 Å². The molecule has 0 aromatic heterocycles. The molecule has 0 amide bonds. The first-order valence-electron chi connectivity index (χ1n) is 8.06. The predicted octanol–water partition coefficient (Wildman–Crippen LogP) is 2.18. The normalized spacial score (nSPS) is 30.5. The molecule has 4 heteroatoms. The SMILES string of the molecule is NC1CCC2(CC1Oc1ccc3c(c1)CCC3)OCCO2. The van der Waals surface area contributed by atoms with Crippen molar-refractivity contribution in [2.24, 2.45) is 5.73 Å². The Morgan fingerprint density at radius 3 is 2.81 bits per heavy atom. The van der Waals surface area contributed by atoms with Crippen LogP contribution in [0.3, 0.4) is 0 Å². The zero-order valence-electron chi connectivity index (χ0n) is 12.3.